The molecule has 0 aliphatic heterocycles. The second-order valence-corrected chi connectivity index (χ2v) is 5.93. The highest BCUT2D eigenvalue weighted by Gasteiger charge is 2.30. The summed E-state index contributed by atoms with van der Waals surface area (Å²) in [6.07, 6.45) is 4.50. The van der Waals surface area contributed by atoms with E-state index in [0.29, 0.717) is 12.6 Å². The van der Waals surface area contributed by atoms with Crippen LogP contribution in [-0.4, -0.2) is 11.0 Å². The molecule has 0 saturated heterocycles. The van der Waals surface area contributed by atoms with Crippen LogP contribution < -0.4 is 10.6 Å². The molecule has 0 amide bonds. The van der Waals surface area contributed by atoms with Crippen molar-refractivity contribution in [2.24, 2.45) is 5.73 Å². The molecule has 19 heavy (non-hydrogen) atoms. The van der Waals surface area contributed by atoms with Crippen molar-refractivity contribution in [2.45, 2.75) is 38.9 Å². The van der Waals surface area contributed by atoms with E-state index in [1.54, 1.807) is 11.3 Å². The molecule has 2 aromatic rings. The van der Waals surface area contributed by atoms with E-state index < -0.39 is 0 Å². The third-order valence-electron chi connectivity index (χ3n) is 3.55. The average Bonchev–Trinajstić information content (AvgIpc) is 3.13. The van der Waals surface area contributed by atoms with E-state index in [4.69, 9.17) is 5.73 Å². The Kier molecular flexibility index (Phi) is 3.53. The fraction of sp³-hybridized carbons (Fsp3) is 0.400. The second kappa shape index (κ2) is 5.31. The van der Waals surface area contributed by atoms with Crippen LogP contribution in [0.5, 0.6) is 0 Å². The first kappa shape index (κ1) is 12.6. The number of aryl methyl sites for hydroxylation is 1. The van der Waals surface area contributed by atoms with Crippen LogP contribution in [0.4, 0.5) is 5.69 Å². The monoisotopic (exact) mass is 273 g/mol. The number of thiophene rings is 1. The predicted molar refractivity (Wildman–Crippen MR) is 80.4 cm³/mol. The fourth-order valence-electron chi connectivity index (χ4n) is 2.37. The van der Waals surface area contributed by atoms with Gasteiger partial charge in [-0.2, -0.15) is 11.3 Å². The Hall–Kier alpha value is -1.39. The summed E-state index contributed by atoms with van der Waals surface area (Å²) in [5.74, 6) is 0. The number of anilines is 1. The van der Waals surface area contributed by atoms with Gasteiger partial charge in [0.25, 0.3) is 0 Å². The maximum atomic E-state index is 5.87. The van der Waals surface area contributed by atoms with Gasteiger partial charge in [-0.3, -0.25) is 4.98 Å². The zero-order valence-corrected chi connectivity index (χ0v) is 12.0. The molecule has 3 nitrogen and oxygen atoms in total. The molecule has 1 fully saturated rings. The zero-order chi connectivity index (χ0) is 13.2. The van der Waals surface area contributed by atoms with Gasteiger partial charge in [0.15, 0.2) is 0 Å². The van der Waals surface area contributed by atoms with Crippen molar-refractivity contribution in [3.8, 4) is 0 Å². The highest BCUT2D eigenvalue weighted by molar-refractivity contribution is 7.07. The maximum Gasteiger partial charge on any atom is 0.0451 e. The van der Waals surface area contributed by atoms with Crippen LogP contribution in [0.1, 0.15) is 29.7 Å². The van der Waals surface area contributed by atoms with Crippen LogP contribution >= 0.6 is 11.3 Å². The van der Waals surface area contributed by atoms with Gasteiger partial charge in [-0.1, -0.05) is 0 Å². The van der Waals surface area contributed by atoms with Gasteiger partial charge >= 0.3 is 0 Å². The number of hydrogen-bond acceptors (Lipinski definition) is 4. The maximum absolute atomic E-state index is 5.87. The molecule has 100 valence electrons. The lowest BCUT2D eigenvalue weighted by Gasteiger charge is -2.27. The third kappa shape index (κ3) is 2.80. The number of nitrogens with zero attached hydrogens (tertiary/aromatic N) is 2. The molecule has 1 aliphatic rings. The number of pyridine rings is 1. The summed E-state index contributed by atoms with van der Waals surface area (Å²) in [6, 6.07) is 5.05. The van der Waals surface area contributed by atoms with Gasteiger partial charge in [0, 0.05) is 42.3 Å². The number of hydrogen-bond donors (Lipinski definition) is 1. The lowest BCUT2D eigenvalue weighted by Crippen LogP contribution is -2.26. The van der Waals surface area contributed by atoms with Crippen molar-refractivity contribution >= 4 is 17.0 Å². The summed E-state index contributed by atoms with van der Waals surface area (Å²) >= 11 is 1.76. The Balaban J connectivity index is 1.93. The second-order valence-electron chi connectivity index (χ2n) is 5.15. The molecular weight excluding hydrogens is 254 g/mol. The van der Waals surface area contributed by atoms with Crippen molar-refractivity contribution in [2.75, 3.05) is 4.90 Å². The number of nitrogens with two attached hydrogens (primary N) is 1. The summed E-state index contributed by atoms with van der Waals surface area (Å²) in [6.45, 7) is 3.57. The fourth-order valence-corrected chi connectivity index (χ4v) is 3.03. The summed E-state index contributed by atoms with van der Waals surface area (Å²) in [5, 5.41) is 4.37. The lowest BCUT2D eigenvalue weighted by atomic mass is 10.1. The van der Waals surface area contributed by atoms with E-state index in [1.165, 1.54) is 24.1 Å². The normalized spacial score (nSPS) is 14.6. The molecule has 0 unspecified atom stereocenters. The molecule has 0 aromatic carbocycles. The van der Waals surface area contributed by atoms with Gasteiger partial charge in [-0.25, -0.2) is 0 Å². The van der Waals surface area contributed by atoms with E-state index in [1.807, 2.05) is 13.1 Å². The van der Waals surface area contributed by atoms with Gasteiger partial charge in [-0.15, -0.1) is 0 Å². The van der Waals surface area contributed by atoms with Gasteiger partial charge in [-0.05, 0) is 48.2 Å². The van der Waals surface area contributed by atoms with Crippen LogP contribution in [0.15, 0.2) is 29.1 Å². The van der Waals surface area contributed by atoms with Crippen molar-refractivity contribution < 1.29 is 0 Å². The Morgan fingerprint density at radius 1 is 1.47 bits per heavy atom. The first-order valence-electron chi connectivity index (χ1n) is 6.71. The van der Waals surface area contributed by atoms with Crippen molar-refractivity contribution in [1.82, 2.24) is 4.98 Å². The highest BCUT2D eigenvalue weighted by atomic mass is 32.1. The van der Waals surface area contributed by atoms with E-state index in [2.05, 4.69) is 32.8 Å². The van der Waals surface area contributed by atoms with E-state index in [0.717, 1.165) is 17.8 Å². The topological polar surface area (TPSA) is 42.1 Å². The van der Waals surface area contributed by atoms with Crippen LogP contribution in [0.2, 0.25) is 0 Å². The quantitative estimate of drug-likeness (QED) is 0.910. The Bertz CT molecular complexity index is 547. The minimum atomic E-state index is 0.551. The predicted octanol–water partition coefficient (Wildman–Crippen LogP) is 3.08. The molecule has 2 N–H and O–H groups in total. The molecule has 1 aliphatic carbocycles. The van der Waals surface area contributed by atoms with Crippen molar-refractivity contribution in [1.29, 1.82) is 0 Å². The Morgan fingerprint density at radius 3 is 2.95 bits per heavy atom. The minimum Gasteiger partial charge on any atom is -0.364 e. The summed E-state index contributed by atoms with van der Waals surface area (Å²) in [4.78, 5) is 6.86. The smallest absolute Gasteiger partial charge is 0.0451 e. The molecule has 2 aromatic heterocycles. The summed E-state index contributed by atoms with van der Waals surface area (Å²) in [7, 11) is 0. The molecule has 4 heteroatoms. The van der Waals surface area contributed by atoms with Crippen molar-refractivity contribution in [3.05, 3.63) is 45.9 Å². The molecule has 3 rings (SSSR count). The van der Waals surface area contributed by atoms with Gasteiger partial charge < -0.3 is 10.6 Å². The molecule has 0 atom stereocenters. The lowest BCUT2D eigenvalue weighted by molar-refractivity contribution is 0.784. The average molecular weight is 273 g/mol. The molecule has 0 bridgehead atoms. The van der Waals surface area contributed by atoms with Crippen LogP contribution in [0.3, 0.4) is 0 Å². The van der Waals surface area contributed by atoms with E-state index in [9.17, 15) is 0 Å². The molecule has 0 radical (unpaired) electrons. The largest absolute Gasteiger partial charge is 0.364 e. The summed E-state index contributed by atoms with van der Waals surface area (Å²) < 4.78 is 0. The van der Waals surface area contributed by atoms with E-state index >= 15 is 0 Å². The van der Waals surface area contributed by atoms with E-state index in [-0.39, 0.29) is 0 Å². The first-order valence-corrected chi connectivity index (χ1v) is 7.65. The van der Waals surface area contributed by atoms with Crippen molar-refractivity contribution in [3.63, 3.8) is 0 Å². The molecular formula is C15H19N3S. The SMILES string of the molecule is Cc1cc(N(Cc2ccsc2)C2CC2)c(CN)cn1. The number of aromatic nitrogens is 1. The highest BCUT2D eigenvalue weighted by Crippen LogP contribution is 2.35. The standard InChI is InChI=1S/C15H19N3S/c1-11-6-15(13(7-16)8-17-11)18(14-2-3-14)9-12-4-5-19-10-12/h4-6,8,10,14H,2-3,7,9,16H2,1H3. The van der Waals surface area contributed by atoms with Crippen LogP contribution in [0.25, 0.3) is 0 Å². The minimum absolute atomic E-state index is 0.551. The third-order valence-corrected chi connectivity index (χ3v) is 4.28. The molecule has 1 saturated carbocycles. The van der Waals surface area contributed by atoms with Crippen LogP contribution in [-0.2, 0) is 13.1 Å². The summed E-state index contributed by atoms with van der Waals surface area (Å²) in [5.41, 5.74) is 10.7. The van der Waals surface area contributed by atoms with Gasteiger partial charge in [0.2, 0.25) is 0 Å². The van der Waals surface area contributed by atoms with Gasteiger partial charge in [0.05, 0.1) is 0 Å². The Morgan fingerprint density at radius 2 is 2.32 bits per heavy atom. The molecule has 0 spiro atoms. The first-order chi connectivity index (χ1) is 9.28. The Labute approximate surface area is 118 Å². The number of rotatable bonds is 5. The zero-order valence-electron chi connectivity index (χ0n) is 11.2. The molecule has 2 heterocycles. The van der Waals surface area contributed by atoms with Crippen LogP contribution in [0, 0.1) is 6.92 Å². The van der Waals surface area contributed by atoms with Gasteiger partial charge in [0.1, 0.15) is 0 Å².